The number of primary amides is 1. The van der Waals surface area contributed by atoms with E-state index in [4.69, 9.17) is 22.7 Å². The lowest BCUT2D eigenvalue weighted by Gasteiger charge is -2.29. The lowest BCUT2D eigenvalue weighted by Crippen LogP contribution is -2.46. The number of nitrogens with one attached hydrogen (secondary N) is 2. The highest BCUT2D eigenvalue weighted by molar-refractivity contribution is 7.80. The summed E-state index contributed by atoms with van der Waals surface area (Å²) in [6.45, 7) is 1.78. The summed E-state index contributed by atoms with van der Waals surface area (Å²) in [6, 6.07) is 7.08. The van der Waals surface area contributed by atoms with E-state index in [1.165, 1.54) is 0 Å². The normalized spacial score (nSPS) is 18.6. The van der Waals surface area contributed by atoms with E-state index in [0.29, 0.717) is 22.1 Å². The third kappa shape index (κ3) is 2.68. The summed E-state index contributed by atoms with van der Waals surface area (Å²) in [7, 11) is 1.59. The number of benzene rings is 1. The van der Waals surface area contributed by atoms with Gasteiger partial charge in [-0.15, -0.1) is 0 Å². The number of rotatable bonds is 3. The Balaban J connectivity index is 2.48. The first-order chi connectivity index (χ1) is 9.02. The molecule has 100 valence electrons. The number of thiocarbonyl (C=S) groups is 1. The maximum Gasteiger partial charge on any atom is 0.248 e. The molecule has 0 aromatic heterocycles. The second kappa shape index (κ2) is 5.27. The Morgan fingerprint density at radius 1 is 1.47 bits per heavy atom. The predicted octanol–water partition coefficient (Wildman–Crippen LogP) is 0.973. The molecule has 0 saturated carbocycles. The molecule has 0 aliphatic carbocycles. The van der Waals surface area contributed by atoms with Gasteiger partial charge in [0.25, 0.3) is 0 Å². The lowest BCUT2D eigenvalue weighted by atomic mass is 9.95. The van der Waals surface area contributed by atoms with E-state index >= 15 is 0 Å². The maximum atomic E-state index is 11.6. The number of methoxy groups -OCH3 is 1. The molecule has 0 bridgehead atoms. The molecule has 1 aliphatic heterocycles. The minimum atomic E-state index is -0.479. The van der Waals surface area contributed by atoms with E-state index in [-0.39, 0.29) is 6.04 Å². The number of ether oxygens (including phenoxy) is 1. The molecule has 0 radical (unpaired) electrons. The molecule has 4 N–H and O–H groups in total. The molecule has 0 fully saturated rings. The zero-order valence-electron chi connectivity index (χ0n) is 10.7. The van der Waals surface area contributed by atoms with Crippen LogP contribution in [-0.2, 0) is 4.79 Å². The van der Waals surface area contributed by atoms with Gasteiger partial charge < -0.3 is 21.1 Å². The van der Waals surface area contributed by atoms with Gasteiger partial charge in [0.2, 0.25) is 5.91 Å². The average Bonchev–Trinajstić information content (AvgIpc) is 2.37. The number of amides is 1. The van der Waals surface area contributed by atoms with Gasteiger partial charge in [-0.1, -0.05) is 12.1 Å². The molecule has 1 atom stereocenters. The van der Waals surface area contributed by atoms with Crippen LogP contribution >= 0.6 is 12.2 Å². The molecule has 0 spiro atoms. The third-order valence-corrected chi connectivity index (χ3v) is 3.18. The third-order valence-electron chi connectivity index (χ3n) is 2.96. The van der Waals surface area contributed by atoms with Gasteiger partial charge in [-0.2, -0.15) is 0 Å². The fraction of sp³-hybridized carbons (Fsp3) is 0.231. The zero-order chi connectivity index (χ0) is 14.0. The van der Waals surface area contributed by atoms with Crippen LogP contribution in [0.15, 0.2) is 35.5 Å². The summed E-state index contributed by atoms with van der Waals surface area (Å²) in [5.74, 6) is 0.234. The SMILES string of the molecule is COc1cccc([C@H]2NC(=S)NC(C)=C2C(N)=O)c1. The molecule has 1 heterocycles. The Morgan fingerprint density at radius 2 is 2.21 bits per heavy atom. The zero-order valence-corrected chi connectivity index (χ0v) is 11.5. The van der Waals surface area contributed by atoms with Crippen molar-refractivity contribution >= 4 is 23.2 Å². The van der Waals surface area contributed by atoms with Crippen molar-refractivity contribution in [1.29, 1.82) is 0 Å². The monoisotopic (exact) mass is 277 g/mol. The fourth-order valence-electron chi connectivity index (χ4n) is 2.09. The number of nitrogens with two attached hydrogens (primary N) is 1. The highest BCUT2D eigenvalue weighted by Gasteiger charge is 2.28. The van der Waals surface area contributed by atoms with E-state index < -0.39 is 5.91 Å². The smallest absolute Gasteiger partial charge is 0.248 e. The van der Waals surface area contributed by atoms with Crippen molar-refractivity contribution in [3.05, 3.63) is 41.1 Å². The van der Waals surface area contributed by atoms with E-state index in [1.807, 2.05) is 24.3 Å². The molecular formula is C13H15N3O2S. The van der Waals surface area contributed by atoms with E-state index in [0.717, 1.165) is 5.56 Å². The molecule has 2 rings (SSSR count). The standard InChI is InChI=1S/C13H15N3O2S/c1-7-10(12(14)17)11(16-13(19)15-7)8-4-3-5-9(6-8)18-2/h3-6,11H,1-2H3,(H2,14,17)(H2,15,16,19)/t11-/m1/s1. The first-order valence-electron chi connectivity index (χ1n) is 5.75. The quantitative estimate of drug-likeness (QED) is 0.718. The van der Waals surface area contributed by atoms with Gasteiger partial charge in [0.1, 0.15) is 5.75 Å². The molecule has 1 aliphatic rings. The van der Waals surface area contributed by atoms with E-state index in [9.17, 15) is 4.79 Å². The Labute approximate surface area is 116 Å². The largest absolute Gasteiger partial charge is 0.497 e. The van der Waals surface area contributed by atoms with Crippen LogP contribution in [-0.4, -0.2) is 18.1 Å². The van der Waals surface area contributed by atoms with Crippen molar-refractivity contribution in [2.75, 3.05) is 7.11 Å². The van der Waals surface area contributed by atoms with Crippen molar-refractivity contribution < 1.29 is 9.53 Å². The number of hydrogen-bond acceptors (Lipinski definition) is 3. The Bertz CT molecular complexity index is 569. The summed E-state index contributed by atoms with van der Waals surface area (Å²) in [5, 5.41) is 6.43. The predicted molar refractivity (Wildman–Crippen MR) is 76.5 cm³/mol. The summed E-state index contributed by atoms with van der Waals surface area (Å²) < 4.78 is 5.19. The van der Waals surface area contributed by atoms with Crippen LogP contribution in [0.4, 0.5) is 0 Å². The van der Waals surface area contributed by atoms with E-state index in [2.05, 4.69) is 10.6 Å². The van der Waals surface area contributed by atoms with Crippen LogP contribution in [0.3, 0.4) is 0 Å². The van der Waals surface area contributed by atoms with Gasteiger partial charge >= 0.3 is 0 Å². The minimum absolute atomic E-state index is 0.360. The van der Waals surface area contributed by atoms with Gasteiger partial charge in [0.15, 0.2) is 5.11 Å². The molecule has 1 amide bonds. The van der Waals surface area contributed by atoms with Crippen molar-refractivity contribution in [1.82, 2.24) is 10.6 Å². The Kier molecular flexibility index (Phi) is 3.71. The molecule has 0 unspecified atom stereocenters. The molecule has 0 saturated heterocycles. The Morgan fingerprint density at radius 3 is 2.84 bits per heavy atom. The van der Waals surface area contributed by atoms with Crippen molar-refractivity contribution in [3.63, 3.8) is 0 Å². The van der Waals surface area contributed by atoms with Crippen molar-refractivity contribution in [2.45, 2.75) is 13.0 Å². The summed E-state index contributed by atoms with van der Waals surface area (Å²) in [5.41, 5.74) is 7.47. The van der Waals surface area contributed by atoms with E-state index in [1.54, 1.807) is 14.0 Å². The van der Waals surface area contributed by atoms with Gasteiger partial charge in [0, 0.05) is 5.70 Å². The number of hydrogen-bond donors (Lipinski definition) is 3. The second-order valence-corrected chi connectivity index (χ2v) is 4.62. The summed E-state index contributed by atoms with van der Waals surface area (Å²) in [6.07, 6.45) is 0. The molecule has 5 nitrogen and oxygen atoms in total. The van der Waals surface area contributed by atoms with Crippen molar-refractivity contribution in [3.8, 4) is 5.75 Å². The second-order valence-electron chi connectivity index (χ2n) is 4.21. The van der Waals surface area contributed by atoms with Crippen LogP contribution in [0, 0.1) is 0 Å². The topological polar surface area (TPSA) is 76.4 Å². The van der Waals surface area contributed by atoms with Crippen LogP contribution in [0.1, 0.15) is 18.5 Å². The fourth-order valence-corrected chi connectivity index (χ4v) is 2.36. The van der Waals surface area contributed by atoms with Crippen LogP contribution in [0.2, 0.25) is 0 Å². The average molecular weight is 277 g/mol. The highest BCUT2D eigenvalue weighted by Crippen LogP contribution is 2.28. The van der Waals surface area contributed by atoms with Crippen LogP contribution in [0.25, 0.3) is 0 Å². The lowest BCUT2D eigenvalue weighted by molar-refractivity contribution is -0.115. The molecule has 1 aromatic rings. The summed E-state index contributed by atoms with van der Waals surface area (Å²) in [4.78, 5) is 11.6. The number of carbonyl (C=O) groups is 1. The minimum Gasteiger partial charge on any atom is -0.497 e. The van der Waals surface area contributed by atoms with Gasteiger partial charge in [-0.25, -0.2) is 0 Å². The Hall–Kier alpha value is -2.08. The molecule has 6 heteroatoms. The first-order valence-corrected chi connectivity index (χ1v) is 6.15. The maximum absolute atomic E-state index is 11.6. The number of allylic oxidation sites excluding steroid dienone is 1. The molecule has 1 aromatic carbocycles. The molecule has 19 heavy (non-hydrogen) atoms. The van der Waals surface area contributed by atoms with Gasteiger partial charge in [-0.3, -0.25) is 4.79 Å². The first kappa shape index (κ1) is 13.4. The van der Waals surface area contributed by atoms with Crippen LogP contribution < -0.4 is 21.1 Å². The number of carbonyl (C=O) groups excluding carboxylic acids is 1. The van der Waals surface area contributed by atoms with Crippen molar-refractivity contribution in [2.24, 2.45) is 5.73 Å². The van der Waals surface area contributed by atoms with Gasteiger partial charge in [-0.05, 0) is 36.8 Å². The van der Waals surface area contributed by atoms with Crippen LogP contribution in [0.5, 0.6) is 5.75 Å². The summed E-state index contributed by atoms with van der Waals surface area (Å²) >= 11 is 5.12. The highest BCUT2D eigenvalue weighted by atomic mass is 32.1. The molecular weight excluding hydrogens is 262 g/mol. The van der Waals surface area contributed by atoms with Gasteiger partial charge in [0.05, 0.1) is 18.7 Å².